The third-order valence-corrected chi connectivity index (χ3v) is 3.30. The van der Waals surface area contributed by atoms with E-state index >= 15 is 0 Å². The predicted octanol–water partition coefficient (Wildman–Crippen LogP) is 2.72. The number of nitrogens with zero attached hydrogens (tertiary/aromatic N) is 2. The number of nitrogen functional groups attached to an aromatic ring is 1. The van der Waals surface area contributed by atoms with Gasteiger partial charge in [0.05, 0.1) is 11.6 Å². The summed E-state index contributed by atoms with van der Waals surface area (Å²) in [4.78, 5) is 14.1. The van der Waals surface area contributed by atoms with Crippen LogP contribution in [0, 0.1) is 18.3 Å². The van der Waals surface area contributed by atoms with Crippen molar-refractivity contribution >= 4 is 11.6 Å². The van der Waals surface area contributed by atoms with Gasteiger partial charge < -0.3 is 10.6 Å². The van der Waals surface area contributed by atoms with Gasteiger partial charge in [-0.25, -0.2) is 0 Å². The molecule has 21 heavy (non-hydrogen) atoms. The zero-order valence-electron chi connectivity index (χ0n) is 12.1. The Hall–Kier alpha value is -2.80. The van der Waals surface area contributed by atoms with E-state index in [2.05, 4.69) is 6.07 Å². The van der Waals surface area contributed by atoms with Crippen molar-refractivity contribution in [2.24, 2.45) is 0 Å². The molecule has 0 aromatic heterocycles. The number of rotatable bonds is 3. The number of nitriles is 1. The first-order valence-corrected chi connectivity index (χ1v) is 6.62. The van der Waals surface area contributed by atoms with Gasteiger partial charge in [0.25, 0.3) is 5.91 Å². The highest BCUT2D eigenvalue weighted by atomic mass is 16.2. The maximum atomic E-state index is 12.5. The summed E-state index contributed by atoms with van der Waals surface area (Å²) in [5.41, 5.74) is 9.37. The van der Waals surface area contributed by atoms with Crippen molar-refractivity contribution in [3.63, 3.8) is 0 Å². The number of carbonyl (C=O) groups is 1. The Balaban J connectivity index is 2.17. The van der Waals surface area contributed by atoms with Gasteiger partial charge in [-0.2, -0.15) is 5.26 Å². The SMILES string of the molecule is Cc1cc(N)ccc1C(=O)N(C)Cc1cccc(C#N)c1. The van der Waals surface area contributed by atoms with Crippen molar-refractivity contribution in [1.29, 1.82) is 5.26 Å². The summed E-state index contributed by atoms with van der Waals surface area (Å²) in [7, 11) is 1.75. The molecular weight excluding hydrogens is 262 g/mol. The molecule has 106 valence electrons. The van der Waals surface area contributed by atoms with Crippen LogP contribution >= 0.6 is 0 Å². The minimum Gasteiger partial charge on any atom is -0.399 e. The Kier molecular flexibility index (Phi) is 4.24. The Morgan fingerprint density at radius 2 is 2.05 bits per heavy atom. The van der Waals surface area contributed by atoms with Crippen LogP contribution in [-0.2, 0) is 6.54 Å². The largest absolute Gasteiger partial charge is 0.399 e. The Morgan fingerprint density at radius 1 is 1.29 bits per heavy atom. The lowest BCUT2D eigenvalue weighted by atomic mass is 10.1. The van der Waals surface area contributed by atoms with Crippen LogP contribution in [0.1, 0.15) is 27.0 Å². The van der Waals surface area contributed by atoms with Crippen LogP contribution in [0.4, 0.5) is 5.69 Å². The molecule has 0 spiro atoms. The zero-order valence-corrected chi connectivity index (χ0v) is 12.1. The Bertz CT molecular complexity index is 716. The molecule has 2 aromatic carbocycles. The summed E-state index contributed by atoms with van der Waals surface area (Å²) in [6, 6.07) is 14.6. The fraction of sp³-hybridized carbons (Fsp3) is 0.176. The number of nitrogens with two attached hydrogens (primary N) is 1. The minimum atomic E-state index is -0.0603. The molecule has 0 saturated carbocycles. The molecule has 2 N–H and O–H groups in total. The molecule has 0 unspecified atom stereocenters. The maximum Gasteiger partial charge on any atom is 0.254 e. The van der Waals surface area contributed by atoms with Crippen molar-refractivity contribution in [3.8, 4) is 6.07 Å². The van der Waals surface area contributed by atoms with E-state index in [4.69, 9.17) is 11.0 Å². The van der Waals surface area contributed by atoms with Crippen molar-refractivity contribution < 1.29 is 4.79 Å². The molecule has 0 aliphatic heterocycles. The van der Waals surface area contributed by atoms with Crippen molar-refractivity contribution in [2.75, 3.05) is 12.8 Å². The van der Waals surface area contributed by atoms with Gasteiger partial charge >= 0.3 is 0 Å². The van der Waals surface area contributed by atoms with E-state index in [-0.39, 0.29) is 5.91 Å². The topological polar surface area (TPSA) is 70.1 Å². The highest BCUT2D eigenvalue weighted by Crippen LogP contribution is 2.16. The van der Waals surface area contributed by atoms with Crippen molar-refractivity contribution in [2.45, 2.75) is 13.5 Å². The quantitative estimate of drug-likeness (QED) is 0.878. The summed E-state index contributed by atoms with van der Waals surface area (Å²) in [5.74, 6) is -0.0603. The van der Waals surface area contributed by atoms with E-state index in [9.17, 15) is 4.79 Å². The lowest BCUT2D eigenvalue weighted by Crippen LogP contribution is -2.26. The number of hydrogen-bond acceptors (Lipinski definition) is 3. The summed E-state index contributed by atoms with van der Waals surface area (Å²) in [6.45, 7) is 2.33. The summed E-state index contributed by atoms with van der Waals surface area (Å²) in [6.07, 6.45) is 0. The van der Waals surface area contributed by atoms with E-state index in [1.807, 2.05) is 19.1 Å². The highest BCUT2D eigenvalue weighted by Gasteiger charge is 2.14. The number of benzene rings is 2. The van der Waals surface area contributed by atoms with E-state index < -0.39 is 0 Å². The van der Waals surface area contributed by atoms with Gasteiger partial charge in [-0.1, -0.05) is 12.1 Å². The molecule has 1 amide bonds. The Morgan fingerprint density at radius 3 is 2.71 bits per heavy atom. The molecule has 0 heterocycles. The number of carbonyl (C=O) groups excluding carboxylic acids is 1. The zero-order chi connectivity index (χ0) is 15.4. The number of amides is 1. The molecule has 2 rings (SSSR count). The molecule has 4 nitrogen and oxygen atoms in total. The fourth-order valence-corrected chi connectivity index (χ4v) is 2.22. The third-order valence-electron chi connectivity index (χ3n) is 3.30. The second-order valence-electron chi connectivity index (χ2n) is 5.05. The monoisotopic (exact) mass is 279 g/mol. The van der Waals surface area contributed by atoms with Crippen molar-refractivity contribution in [1.82, 2.24) is 4.90 Å². The number of anilines is 1. The molecule has 0 radical (unpaired) electrons. The van der Waals surface area contributed by atoms with Gasteiger partial charge in [-0.05, 0) is 48.4 Å². The maximum absolute atomic E-state index is 12.5. The summed E-state index contributed by atoms with van der Waals surface area (Å²) in [5, 5.41) is 8.90. The van der Waals surface area contributed by atoms with Crippen LogP contribution in [0.15, 0.2) is 42.5 Å². The lowest BCUT2D eigenvalue weighted by molar-refractivity contribution is 0.0784. The lowest BCUT2D eigenvalue weighted by Gasteiger charge is -2.18. The highest BCUT2D eigenvalue weighted by molar-refractivity contribution is 5.95. The molecule has 4 heteroatoms. The third kappa shape index (κ3) is 3.40. The first-order chi connectivity index (χ1) is 10.0. The first-order valence-electron chi connectivity index (χ1n) is 6.62. The number of hydrogen-bond donors (Lipinski definition) is 1. The van der Waals surface area contributed by atoms with Gasteiger partial charge in [0.2, 0.25) is 0 Å². The van der Waals surface area contributed by atoms with E-state index in [1.165, 1.54) is 0 Å². The normalized spacial score (nSPS) is 9.95. The van der Waals surface area contributed by atoms with E-state index in [0.717, 1.165) is 11.1 Å². The molecule has 0 aliphatic carbocycles. The average Bonchev–Trinajstić information content (AvgIpc) is 2.46. The van der Waals surface area contributed by atoms with Crippen LogP contribution in [0.3, 0.4) is 0 Å². The standard InChI is InChI=1S/C17H17N3O/c1-12-8-15(19)6-7-16(12)17(21)20(2)11-14-5-3-4-13(9-14)10-18/h3-9H,11,19H2,1-2H3. The van der Waals surface area contributed by atoms with Crippen molar-refractivity contribution in [3.05, 3.63) is 64.7 Å². The average molecular weight is 279 g/mol. The van der Waals surface area contributed by atoms with Crippen LogP contribution in [0.25, 0.3) is 0 Å². The molecule has 0 fully saturated rings. The summed E-state index contributed by atoms with van der Waals surface area (Å²) < 4.78 is 0. The van der Waals surface area contributed by atoms with E-state index in [1.54, 1.807) is 42.3 Å². The van der Waals surface area contributed by atoms with E-state index in [0.29, 0.717) is 23.4 Å². The molecule has 0 aliphatic rings. The molecule has 0 saturated heterocycles. The summed E-state index contributed by atoms with van der Waals surface area (Å²) >= 11 is 0. The number of aryl methyl sites for hydroxylation is 1. The van der Waals surface area contributed by atoms with Gasteiger partial charge in [0.1, 0.15) is 0 Å². The smallest absolute Gasteiger partial charge is 0.254 e. The van der Waals surface area contributed by atoms with Gasteiger partial charge in [0, 0.05) is 24.8 Å². The minimum absolute atomic E-state index is 0.0603. The second-order valence-corrected chi connectivity index (χ2v) is 5.05. The molecular formula is C17H17N3O. The molecule has 2 aromatic rings. The van der Waals surface area contributed by atoms with Gasteiger partial charge in [0.15, 0.2) is 0 Å². The fourth-order valence-electron chi connectivity index (χ4n) is 2.22. The first kappa shape index (κ1) is 14.6. The van der Waals surface area contributed by atoms with Crippen LogP contribution in [0.5, 0.6) is 0 Å². The van der Waals surface area contributed by atoms with Gasteiger partial charge in [-0.3, -0.25) is 4.79 Å². The predicted molar refractivity (Wildman–Crippen MR) is 82.5 cm³/mol. The Labute approximate surface area is 124 Å². The van der Waals surface area contributed by atoms with Crippen LogP contribution < -0.4 is 5.73 Å². The second kappa shape index (κ2) is 6.10. The molecule has 0 atom stereocenters. The molecule has 0 bridgehead atoms. The van der Waals surface area contributed by atoms with Crippen LogP contribution in [-0.4, -0.2) is 17.9 Å². The van der Waals surface area contributed by atoms with Gasteiger partial charge in [-0.15, -0.1) is 0 Å². The van der Waals surface area contributed by atoms with Crippen LogP contribution in [0.2, 0.25) is 0 Å².